The van der Waals surface area contributed by atoms with Gasteiger partial charge < -0.3 is 5.11 Å². The molecule has 1 N–H and O–H groups in total. The summed E-state index contributed by atoms with van der Waals surface area (Å²) < 4.78 is 22.0. The van der Waals surface area contributed by atoms with Crippen LogP contribution < -0.4 is 5.32 Å². The largest absolute Gasteiger partial charge is 0.480 e. The molecule has 1 saturated heterocycles. The standard InChI is InChI=1S/C5H8NO4S/c7-5(8)4-3-6-1-2-11(4,9)10/h4H,1-3H2,(H,7,8). The quantitative estimate of drug-likeness (QED) is 0.528. The molecule has 0 saturated carbocycles. The summed E-state index contributed by atoms with van der Waals surface area (Å²) in [4.78, 5) is 10.3. The SMILES string of the molecule is O=C(O)C1C[N]CCS1(=O)=O. The molecule has 6 heteroatoms. The predicted molar refractivity (Wildman–Crippen MR) is 37.1 cm³/mol. The zero-order valence-electron chi connectivity index (χ0n) is 5.73. The number of hydrogen-bond donors (Lipinski definition) is 1. The van der Waals surface area contributed by atoms with Crippen LogP contribution in [0.15, 0.2) is 0 Å². The van der Waals surface area contributed by atoms with Gasteiger partial charge in [0.05, 0.1) is 5.75 Å². The van der Waals surface area contributed by atoms with E-state index in [9.17, 15) is 13.2 Å². The number of carbonyl (C=O) groups is 1. The number of rotatable bonds is 1. The van der Waals surface area contributed by atoms with Gasteiger partial charge in [0.15, 0.2) is 15.1 Å². The van der Waals surface area contributed by atoms with Crippen LogP contribution in [-0.4, -0.2) is 43.6 Å². The van der Waals surface area contributed by atoms with Crippen molar-refractivity contribution < 1.29 is 18.3 Å². The van der Waals surface area contributed by atoms with Gasteiger partial charge in [0.1, 0.15) is 0 Å². The molecule has 1 radical (unpaired) electrons. The topological polar surface area (TPSA) is 85.5 Å². The van der Waals surface area contributed by atoms with Gasteiger partial charge in [-0.2, -0.15) is 0 Å². The summed E-state index contributed by atoms with van der Waals surface area (Å²) >= 11 is 0. The van der Waals surface area contributed by atoms with Gasteiger partial charge in [0.2, 0.25) is 0 Å². The van der Waals surface area contributed by atoms with E-state index in [1.165, 1.54) is 0 Å². The van der Waals surface area contributed by atoms with E-state index in [1.54, 1.807) is 0 Å². The molecule has 1 aliphatic rings. The van der Waals surface area contributed by atoms with E-state index in [2.05, 4.69) is 5.32 Å². The first-order valence-electron chi connectivity index (χ1n) is 3.11. The number of carboxylic acids is 1. The molecule has 63 valence electrons. The number of hydrogen-bond acceptors (Lipinski definition) is 3. The Morgan fingerprint density at radius 3 is 2.55 bits per heavy atom. The molecule has 1 aliphatic heterocycles. The lowest BCUT2D eigenvalue weighted by Gasteiger charge is -2.17. The molecule has 0 aromatic carbocycles. The molecule has 0 bridgehead atoms. The fraction of sp³-hybridized carbons (Fsp3) is 0.800. The first kappa shape index (κ1) is 8.48. The Balaban J connectivity index is 2.85. The van der Waals surface area contributed by atoms with Crippen molar-refractivity contribution in [2.45, 2.75) is 5.25 Å². The van der Waals surface area contributed by atoms with E-state index in [0.29, 0.717) is 0 Å². The van der Waals surface area contributed by atoms with Gasteiger partial charge in [-0.1, -0.05) is 0 Å². The Kier molecular flexibility index (Phi) is 2.15. The Bertz CT molecular complexity index is 258. The van der Waals surface area contributed by atoms with Crippen LogP contribution in [0.2, 0.25) is 0 Å². The molecular weight excluding hydrogens is 170 g/mol. The first-order valence-corrected chi connectivity index (χ1v) is 4.83. The zero-order chi connectivity index (χ0) is 8.48. The minimum atomic E-state index is -3.42. The molecule has 0 spiro atoms. The van der Waals surface area contributed by atoms with Crippen LogP contribution in [0.1, 0.15) is 0 Å². The number of sulfone groups is 1. The van der Waals surface area contributed by atoms with Crippen LogP contribution in [0.4, 0.5) is 0 Å². The molecule has 5 nitrogen and oxygen atoms in total. The number of aliphatic carboxylic acids is 1. The van der Waals surface area contributed by atoms with Crippen molar-refractivity contribution in [3.63, 3.8) is 0 Å². The second-order valence-corrected chi connectivity index (χ2v) is 4.63. The minimum Gasteiger partial charge on any atom is -0.480 e. The molecule has 1 unspecified atom stereocenters. The van der Waals surface area contributed by atoms with E-state index in [-0.39, 0.29) is 18.8 Å². The highest BCUT2D eigenvalue weighted by Crippen LogP contribution is 2.06. The third kappa shape index (κ3) is 1.69. The summed E-state index contributed by atoms with van der Waals surface area (Å²) in [6.07, 6.45) is 0. The molecule has 11 heavy (non-hydrogen) atoms. The second-order valence-electron chi connectivity index (χ2n) is 2.32. The van der Waals surface area contributed by atoms with Crippen LogP contribution >= 0.6 is 0 Å². The molecule has 0 aromatic rings. The second kappa shape index (κ2) is 2.78. The monoisotopic (exact) mass is 178 g/mol. The van der Waals surface area contributed by atoms with Gasteiger partial charge in [-0.05, 0) is 0 Å². The highest BCUT2D eigenvalue weighted by molar-refractivity contribution is 7.92. The zero-order valence-corrected chi connectivity index (χ0v) is 6.54. The molecule has 0 amide bonds. The van der Waals surface area contributed by atoms with Crippen LogP contribution in [0.3, 0.4) is 0 Å². The average molecular weight is 178 g/mol. The van der Waals surface area contributed by atoms with Crippen molar-refractivity contribution in [2.75, 3.05) is 18.8 Å². The Hall–Kier alpha value is -0.620. The van der Waals surface area contributed by atoms with E-state index in [1.807, 2.05) is 0 Å². The van der Waals surface area contributed by atoms with E-state index < -0.39 is 21.1 Å². The van der Waals surface area contributed by atoms with Crippen LogP contribution in [0, 0.1) is 0 Å². The van der Waals surface area contributed by atoms with Crippen molar-refractivity contribution in [3.8, 4) is 0 Å². The lowest BCUT2D eigenvalue weighted by Crippen LogP contribution is -2.45. The normalized spacial score (nSPS) is 29.6. The highest BCUT2D eigenvalue weighted by Gasteiger charge is 2.35. The Morgan fingerprint density at radius 1 is 1.55 bits per heavy atom. The molecule has 1 heterocycles. The summed E-state index contributed by atoms with van der Waals surface area (Å²) in [6.45, 7) is 0.129. The van der Waals surface area contributed by atoms with Crippen molar-refractivity contribution in [2.24, 2.45) is 0 Å². The maximum Gasteiger partial charge on any atom is 0.323 e. The highest BCUT2D eigenvalue weighted by atomic mass is 32.2. The van der Waals surface area contributed by atoms with Gasteiger partial charge in [0, 0.05) is 13.1 Å². The Labute approximate surface area is 64.3 Å². The van der Waals surface area contributed by atoms with Crippen LogP contribution in [0.5, 0.6) is 0 Å². The third-order valence-corrected chi connectivity index (χ3v) is 3.51. The van der Waals surface area contributed by atoms with E-state index >= 15 is 0 Å². The summed E-state index contributed by atoms with van der Waals surface area (Å²) in [5.41, 5.74) is 0. The number of nitrogens with zero attached hydrogens (tertiary/aromatic N) is 1. The minimum absolute atomic E-state index is 0.0995. The Morgan fingerprint density at radius 2 is 2.18 bits per heavy atom. The maximum atomic E-state index is 11.0. The molecular formula is C5H8NO4S. The average Bonchev–Trinajstić information content (AvgIpc) is 1.85. The van der Waals surface area contributed by atoms with Gasteiger partial charge >= 0.3 is 5.97 Å². The first-order chi connectivity index (χ1) is 5.04. The van der Waals surface area contributed by atoms with Gasteiger partial charge in [-0.3, -0.25) is 4.79 Å². The predicted octanol–water partition coefficient (Wildman–Crippen LogP) is -1.53. The summed E-state index contributed by atoms with van der Waals surface area (Å²) in [5.74, 6) is -1.43. The summed E-state index contributed by atoms with van der Waals surface area (Å²) in [6, 6.07) is 0. The molecule has 1 atom stereocenters. The smallest absolute Gasteiger partial charge is 0.323 e. The third-order valence-electron chi connectivity index (χ3n) is 1.54. The molecule has 1 rings (SSSR count). The van der Waals surface area contributed by atoms with E-state index in [0.717, 1.165) is 0 Å². The lowest BCUT2D eigenvalue weighted by atomic mass is 10.4. The summed E-state index contributed by atoms with van der Waals surface area (Å²) in [5, 5.41) is 10.8. The fourth-order valence-corrected chi connectivity index (χ4v) is 2.20. The molecule has 0 aromatic heterocycles. The fourth-order valence-electron chi connectivity index (χ4n) is 0.888. The van der Waals surface area contributed by atoms with Crippen molar-refractivity contribution in [1.82, 2.24) is 5.32 Å². The van der Waals surface area contributed by atoms with Gasteiger partial charge in [-0.25, -0.2) is 13.7 Å². The maximum absolute atomic E-state index is 11.0. The van der Waals surface area contributed by atoms with Crippen molar-refractivity contribution >= 4 is 15.8 Å². The van der Waals surface area contributed by atoms with Crippen LogP contribution in [0.25, 0.3) is 0 Å². The molecule has 1 fully saturated rings. The van der Waals surface area contributed by atoms with Crippen LogP contribution in [-0.2, 0) is 14.6 Å². The summed E-state index contributed by atoms with van der Waals surface area (Å²) in [7, 11) is -3.42. The van der Waals surface area contributed by atoms with E-state index in [4.69, 9.17) is 5.11 Å². The number of carboxylic acid groups (broad SMARTS) is 1. The van der Waals surface area contributed by atoms with Gasteiger partial charge in [-0.15, -0.1) is 0 Å². The van der Waals surface area contributed by atoms with Crippen molar-refractivity contribution in [1.29, 1.82) is 0 Å². The van der Waals surface area contributed by atoms with Gasteiger partial charge in [0.25, 0.3) is 0 Å². The lowest BCUT2D eigenvalue weighted by molar-refractivity contribution is -0.136. The van der Waals surface area contributed by atoms with Crippen molar-refractivity contribution in [3.05, 3.63) is 0 Å². The molecule has 0 aliphatic carbocycles.